The Bertz CT molecular complexity index is 1060. The number of fused-ring (bicyclic) bond motifs is 1. The molecule has 31 heavy (non-hydrogen) atoms. The maximum absolute atomic E-state index is 5.78. The van der Waals surface area contributed by atoms with Gasteiger partial charge in [-0.3, -0.25) is 4.90 Å². The van der Waals surface area contributed by atoms with Gasteiger partial charge in [-0.1, -0.05) is 24.3 Å². The summed E-state index contributed by atoms with van der Waals surface area (Å²) in [5.41, 5.74) is 6.39. The number of rotatable bonds is 6. The predicted molar refractivity (Wildman–Crippen MR) is 123 cm³/mol. The molecular weight excluding hydrogens is 388 g/mol. The quantitative estimate of drug-likeness (QED) is 0.554. The van der Waals surface area contributed by atoms with Crippen molar-refractivity contribution in [3.05, 3.63) is 76.6 Å². The number of hydrogen-bond acceptors (Lipinski definition) is 4. The van der Waals surface area contributed by atoms with E-state index in [4.69, 9.17) is 14.2 Å². The van der Waals surface area contributed by atoms with Gasteiger partial charge in [0.15, 0.2) is 11.5 Å². The molecule has 0 bridgehead atoms. The maximum Gasteiger partial charge on any atom is 0.203 e. The highest BCUT2D eigenvalue weighted by atomic mass is 16.5. The van der Waals surface area contributed by atoms with E-state index < -0.39 is 0 Å². The second kappa shape index (κ2) is 9.06. The van der Waals surface area contributed by atoms with Crippen LogP contribution in [-0.2, 0) is 13.1 Å². The summed E-state index contributed by atoms with van der Waals surface area (Å²) < 4.78 is 19.3. The van der Waals surface area contributed by atoms with Crippen molar-refractivity contribution >= 4 is 0 Å². The van der Waals surface area contributed by atoms with Gasteiger partial charge >= 0.3 is 0 Å². The van der Waals surface area contributed by atoms with Crippen LogP contribution in [0.3, 0.4) is 0 Å². The normalized spacial score (nSPS) is 16.5. The summed E-state index contributed by atoms with van der Waals surface area (Å²) in [6, 6.07) is 15.5. The molecule has 1 atom stereocenters. The molecule has 5 nitrogen and oxygen atoms in total. The fourth-order valence-electron chi connectivity index (χ4n) is 4.63. The zero-order valence-corrected chi connectivity index (χ0v) is 19.1. The van der Waals surface area contributed by atoms with Crippen LogP contribution in [0.1, 0.15) is 40.4 Å². The average Bonchev–Trinajstić information content (AvgIpc) is 3.16. The highest BCUT2D eigenvalue weighted by Crippen LogP contribution is 2.42. The monoisotopic (exact) mass is 420 g/mol. The SMILES string of the molecule is COc1ccc(CN2CCCn3cccc3[C@@H]2c2ccc(C)c(C)c2)c(OC)c1OC. The largest absolute Gasteiger partial charge is 0.493 e. The second-order valence-electron chi connectivity index (χ2n) is 8.19. The van der Waals surface area contributed by atoms with Gasteiger partial charge in [0.05, 0.1) is 27.4 Å². The van der Waals surface area contributed by atoms with Gasteiger partial charge in [-0.05, 0) is 55.2 Å². The lowest BCUT2D eigenvalue weighted by atomic mass is 9.97. The van der Waals surface area contributed by atoms with E-state index in [-0.39, 0.29) is 6.04 Å². The molecule has 4 rings (SSSR count). The maximum atomic E-state index is 5.78. The third-order valence-corrected chi connectivity index (χ3v) is 6.36. The van der Waals surface area contributed by atoms with Gasteiger partial charge in [0, 0.05) is 37.1 Å². The van der Waals surface area contributed by atoms with Crippen LogP contribution in [0.2, 0.25) is 0 Å². The summed E-state index contributed by atoms with van der Waals surface area (Å²) in [6.07, 6.45) is 3.29. The molecule has 3 aromatic rings. The van der Waals surface area contributed by atoms with E-state index in [0.717, 1.165) is 37.4 Å². The number of nitrogens with zero attached hydrogens (tertiary/aromatic N) is 2. The van der Waals surface area contributed by atoms with Crippen LogP contribution in [0.4, 0.5) is 0 Å². The summed E-state index contributed by atoms with van der Waals surface area (Å²) in [5, 5.41) is 0. The fourth-order valence-corrected chi connectivity index (χ4v) is 4.63. The van der Waals surface area contributed by atoms with Crippen LogP contribution in [-0.4, -0.2) is 37.3 Å². The van der Waals surface area contributed by atoms with Gasteiger partial charge in [-0.2, -0.15) is 0 Å². The first-order valence-electron chi connectivity index (χ1n) is 10.8. The standard InChI is InChI=1S/C26H32N2O3/c1-18-9-10-20(16-19(18)2)24-22-8-6-13-27(22)14-7-15-28(24)17-21-11-12-23(29-3)26(31-5)25(21)30-4/h6,8-13,16,24H,7,14-15,17H2,1-5H3/t24-/m0/s1. The van der Waals surface area contributed by atoms with Crippen LogP contribution in [0.5, 0.6) is 17.2 Å². The first-order chi connectivity index (χ1) is 15.1. The summed E-state index contributed by atoms with van der Waals surface area (Å²) in [5.74, 6) is 2.06. The van der Waals surface area contributed by atoms with Gasteiger partial charge in [-0.15, -0.1) is 0 Å². The van der Waals surface area contributed by atoms with Crippen LogP contribution in [0.15, 0.2) is 48.7 Å². The molecule has 0 amide bonds. The van der Waals surface area contributed by atoms with Crippen LogP contribution >= 0.6 is 0 Å². The molecule has 0 spiro atoms. The van der Waals surface area contributed by atoms with E-state index in [9.17, 15) is 0 Å². The first-order valence-corrected chi connectivity index (χ1v) is 10.8. The van der Waals surface area contributed by atoms with Crippen molar-refractivity contribution in [2.24, 2.45) is 0 Å². The van der Waals surface area contributed by atoms with Gasteiger partial charge in [-0.25, -0.2) is 0 Å². The molecule has 0 aliphatic carbocycles. The van der Waals surface area contributed by atoms with Crippen molar-refractivity contribution in [2.75, 3.05) is 27.9 Å². The van der Waals surface area contributed by atoms with E-state index >= 15 is 0 Å². The Morgan fingerprint density at radius 1 is 0.871 bits per heavy atom. The summed E-state index contributed by atoms with van der Waals surface area (Å²) >= 11 is 0. The number of ether oxygens (including phenoxy) is 3. The van der Waals surface area contributed by atoms with Crippen LogP contribution in [0, 0.1) is 13.8 Å². The number of hydrogen-bond donors (Lipinski definition) is 0. The van der Waals surface area contributed by atoms with Crippen LogP contribution < -0.4 is 14.2 Å². The lowest BCUT2D eigenvalue weighted by molar-refractivity contribution is 0.216. The minimum atomic E-state index is 0.176. The van der Waals surface area contributed by atoms with Crippen molar-refractivity contribution in [2.45, 2.75) is 39.4 Å². The molecule has 0 radical (unpaired) electrons. The van der Waals surface area contributed by atoms with Crippen molar-refractivity contribution < 1.29 is 14.2 Å². The van der Waals surface area contributed by atoms with E-state index in [0.29, 0.717) is 11.5 Å². The van der Waals surface area contributed by atoms with Gasteiger partial charge < -0.3 is 18.8 Å². The van der Waals surface area contributed by atoms with E-state index in [2.05, 4.69) is 65.9 Å². The Kier molecular flexibility index (Phi) is 6.23. The summed E-state index contributed by atoms with van der Waals surface area (Å²) in [4.78, 5) is 2.55. The molecule has 0 N–H and O–H groups in total. The molecule has 1 aliphatic rings. The minimum Gasteiger partial charge on any atom is -0.493 e. The Morgan fingerprint density at radius 2 is 1.68 bits per heavy atom. The van der Waals surface area contributed by atoms with Gasteiger partial charge in [0.1, 0.15) is 0 Å². The third-order valence-electron chi connectivity index (χ3n) is 6.36. The average molecular weight is 421 g/mol. The van der Waals surface area contributed by atoms with Crippen molar-refractivity contribution in [1.82, 2.24) is 9.47 Å². The summed E-state index contributed by atoms with van der Waals surface area (Å²) in [6.45, 7) is 7.14. The lowest BCUT2D eigenvalue weighted by Gasteiger charge is -2.31. The number of methoxy groups -OCH3 is 3. The Balaban J connectivity index is 1.78. The van der Waals surface area contributed by atoms with Gasteiger partial charge in [0.25, 0.3) is 0 Å². The Labute approximate surface area is 185 Å². The first kappa shape index (κ1) is 21.3. The zero-order chi connectivity index (χ0) is 22.0. The Hall–Kier alpha value is -2.92. The smallest absolute Gasteiger partial charge is 0.203 e. The van der Waals surface area contributed by atoms with Crippen molar-refractivity contribution in [3.8, 4) is 17.2 Å². The van der Waals surface area contributed by atoms with E-state index in [1.165, 1.54) is 22.4 Å². The highest BCUT2D eigenvalue weighted by molar-refractivity contribution is 5.56. The number of benzene rings is 2. The minimum absolute atomic E-state index is 0.176. The van der Waals surface area contributed by atoms with E-state index in [1.54, 1.807) is 21.3 Å². The fraction of sp³-hybridized carbons (Fsp3) is 0.385. The number of aromatic nitrogens is 1. The number of aryl methyl sites for hydroxylation is 3. The predicted octanol–water partition coefficient (Wildman–Crippen LogP) is 5.13. The lowest BCUT2D eigenvalue weighted by Crippen LogP contribution is -2.29. The molecule has 0 unspecified atom stereocenters. The Morgan fingerprint density at radius 3 is 2.39 bits per heavy atom. The molecule has 0 saturated heterocycles. The molecule has 5 heteroatoms. The molecule has 2 aromatic carbocycles. The zero-order valence-electron chi connectivity index (χ0n) is 19.1. The van der Waals surface area contributed by atoms with E-state index in [1.807, 2.05) is 6.07 Å². The second-order valence-corrected chi connectivity index (χ2v) is 8.19. The molecule has 1 aromatic heterocycles. The molecule has 0 saturated carbocycles. The molecule has 0 fully saturated rings. The van der Waals surface area contributed by atoms with Gasteiger partial charge in [0.2, 0.25) is 5.75 Å². The van der Waals surface area contributed by atoms with Crippen molar-refractivity contribution in [1.29, 1.82) is 0 Å². The molecule has 1 aliphatic heterocycles. The molecule has 164 valence electrons. The third kappa shape index (κ3) is 4.02. The topological polar surface area (TPSA) is 35.9 Å². The van der Waals surface area contributed by atoms with Crippen LogP contribution in [0.25, 0.3) is 0 Å². The summed E-state index contributed by atoms with van der Waals surface area (Å²) in [7, 11) is 4.99. The highest BCUT2D eigenvalue weighted by Gasteiger charge is 2.29. The molecule has 2 heterocycles. The molecular formula is C26H32N2O3. The van der Waals surface area contributed by atoms with Crippen molar-refractivity contribution in [3.63, 3.8) is 0 Å².